The van der Waals surface area contributed by atoms with Gasteiger partial charge >= 0.3 is 0 Å². The Morgan fingerprint density at radius 1 is 1.15 bits per heavy atom. The van der Waals surface area contributed by atoms with Crippen LogP contribution in [0.1, 0.15) is 31.0 Å². The molecule has 1 heterocycles. The van der Waals surface area contributed by atoms with E-state index in [0.717, 1.165) is 24.2 Å². The van der Waals surface area contributed by atoms with Crippen LogP contribution in [0.15, 0.2) is 48.5 Å². The average Bonchev–Trinajstić information content (AvgIpc) is 2.62. The summed E-state index contributed by atoms with van der Waals surface area (Å²) in [5, 5.41) is 3.10. The van der Waals surface area contributed by atoms with E-state index < -0.39 is 0 Å². The van der Waals surface area contributed by atoms with E-state index in [0.29, 0.717) is 11.4 Å². The van der Waals surface area contributed by atoms with Crippen molar-refractivity contribution >= 4 is 11.6 Å². The van der Waals surface area contributed by atoms with E-state index in [9.17, 15) is 4.79 Å². The first-order valence-corrected chi connectivity index (χ1v) is 9.48. The maximum atomic E-state index is 13.4. The van der Waals surface area contributed by atoms with Crippen LogP contribution in [0, 0.1) is 6.92 Å². The molecular formula is C22H29N2O3+. The number of carbonyl (C=O) groups excluding carboxylic acids is 1. The molecule has 1 saturated heterocycles. The quantitative estimate of drug-likeness (QED) is 0.851. The second-order valence-corrected chi connectivity index (χ2v) is 7.36. The maximum absolute atomic E-state index is 13.4. The summed E-state index contributed by atoms with van der Waals surface area (Å²) in [6.45, 7) is 7.73. The Labute approximate surface area is 161 Å². The maximum Gasteiger partial charge on any atom is 0.287 e. The summed E-state index contributed by atoms with van der Waals surface area (Å²) in [6, 6.07) is 15.5. The summed E-state index contributed by atoms with van der Waals surface area (Å²) in [5.41, 5.74) is 2.79. The van der Waals surface area contributed by atoms with Gasteiger partial charge in [-0.3, -0.25) is 4.79 Å². The summed E-state index contributed by atoms with van der Waals surface area (Å²) in [7, 11) is 1.62. The summed E-state index contributed by atoms with van der Waals surface area (Å²) in [5.74, 6) is 0.640. The number of rotatable bonds is 5. The predicted molar refractivity (Wildman–Crippen MR) is 106 cm³/mol. The lowest BCUT2D eigenvalue weighted by Gasteiger charge is -2.36. The topological polar surface area (TPSA) is 52.0 Å². The highest BCUT2D eigenvalue weighted by Gasteiger charge is 2.37. The van der Waals surface area contributed by atoms with Crippen LogP contribution in [0.3, 0.4) is 0 Å². The first kappa shape index (κ1) is 19.4. The van der Waals surface area contributed by atoms with Crippen LogP contribution in [-0.4, -0.2) is 38.3 Å². The van der Waals surface area contributed by atoms with Crippen molar-refractivity contribution in [1.29, 1.82) is 0 Å². The van der Waals surface area contributed by atoms with Gasteiger partial charge in [-0.1, -0.05) is 36.4 Å². The molecule has 4 atom stereocenters. The molecule has 2 aromatic carbocycles. The van der Waals surface area contributed by atoms with Crippen molar-refractivity contribution < 1.29 is 19.2 Å². The van der Waals surface area contributed by atoms with Gasteiger partial charge in [0.25, 0.3) is 5.91 Å². The minimum Gasteiger partial charge on any atom is -0.495 e. The predicted octanol–water partition coefficient (Wildman–Crippen LogP) is 2.38. The fourth-order valence-corrected chi connectivity index (χ4v) is 3.89. The van der Waals surface area contributed by atoms with Crippen molar-refractivity contribution in [3.8, 4) is 5.75 Å². The Hall–Kier alpha value is -2.37. The molecule has 1 aliphatic rings. The Kier molecular flexibility index (Phi) is 6.14. The van der Waals surface area contributed by atoms with Gasteiger partial charge in [-0.2, -0.15) is 0 Å². The number of morpholine rings is 1. The number of quaternary nitrogens is 1. The van der Waals surface area contributed by atoms with Crippen LogP contribution < -0.4 is 15.0 Å². The van der Waals surface area contributed by atoms with Crippen LogP contribution in [0.4, 0.5) is 5.69 Å². The van der Waals surface area contributed by atoms with Crippen LogP contribution in [0.25, 0.3) is 0 Å². The van der Waals surface area contributed by atoms with Gasteiger partial charge in [-0.25, -0.2) is 0 Å². The zero-order valence-electron chi connectivity index (χ0n) is 16.5. The highest BCUT2D eigenvalue weighted by Crippen LogP contribution is 2.26. The lowest BCUT2D eigenvalue weighted by molar-refractivity contribution is -0.935. The second kappa shape index (κ2) is 8.55. The molecule has 5 heteroatoms. The number of aryl methyl sites for hydroxylation is 1. The van der Waals surface area contributed by atoms with Gasteiger partial charge in [0.2, 0.25) is 0 Å². The second-order valence-electron chi connectivity index (χ2n) is 7.36. The molecule has 0 bridgehead atoms. The first-order valence-electron chi connectivity index (χ1n) is 9.48. The minimum absolute atomic E-state index is 0.0265. The van der Waals surface area contributed by atoms with Crippen molar-refractivity contribution in [2.45, 2.75) is 39.0 Å². The zero-order valence-corrected chi connectivity index (χ0v) is 16.5. The molecule has 2 aromatic rings. The Morgan fingerprint density at radius 2 is 1.81 bits per heavy atom. The number of ether oxygens (including phenoxy) is 2. The van der Waals surface area contributed by atoms with Gasteiger partial charge in [0.1, 0.15) is 31.0 Å². The molecule has 0 radical (unpaired) electrons. The van der Waals surface area contributed by atoms with Gasteiger partial charge < -0.3 is 19.7 Å². The van der Waals surface area contributed by atoms with E-state index in [-0.39, 0.29) is 24.2 Å². The minimum atomic E-state index is -0.301. The molecule has 1 aliphatic heterocycles. The number of anilines is 1. The third-order valence-corrected chi connectivity index (χ3v) is 4.98. The molecule has 0 aliphatic carbocycles. The molecular weight excluding hydrogens is 340 g/mol. The van der Waals surface area contributed by atoms with Gasteiger partial charge in [-0.05, 0) is 38.5 Å². The van der Waals surface area contributed by atoms with Crippen LogP contribution in [-0.2, 0) is 9.53 Å². The van der Waals surface area contributed by atoms with Crippen molar-refractivity contribution in [2.24, 2.45) is 0 Å². The molecule has 144 valence electrons. The molecule has 0 spiro atoms. The number of benzene rings is 2. The number of hydrogen-bond acceptors (Lipinski definition) is 3. The molecule has 2 N–H and O–H groups in total. The molecule has 3 rings (SSSR count). The number of nitrogens with one attached hydrogen (secondary N) is 2. The van der Waals surface area contributed by atoms with Gasteiger partial charge in [0.05, 0.1) is 12.8 Å². The Bertz CT molecular complexity index is 768. The SMILES string of the molecule is COc1ccc(C)cc1NC(=O)[C@@H](c1ccccc1)[NH+]1C[C@@H](C)O[C@@H](C)C1. The van der Waals surface area contributed by atoms with E-state index in [1.807, 2.05) is 55.5 Å². The molecule has 1 unspecified atom stereocenters. The average molecular weight is 369 g/mol. The van der Waals surface area contributed by atoms with E-state index in [1.165, 1.54) is 4.90 Å². The van der Waals surface area contributed by atoms with Crippen LogP contribution in [0.5, 0.6) is 5.75 Å². The number of carbonyl (C=O) groups is 1. The van der Waals surface area contributed by atoms with Crippen molar-refractivity contribution in [3.63, 3.8) is 0 Å². The Balaban J connectivity index is 1.91. The summed E-state index contributed by atoms with van der Waals surface area (Å²) >= 11 is 0. The van der Waals surface area contributed by atoms with E-state index >= 15 is 0 Å². The fraction of sp³-hybridized carbons (Fsp3) is 0.409. The monoisotopic (exact) mass is 369 g/mol. The van der Waals surface area contributed by atoms with E-state index in [1.54, 1.807) is 7.11 Å². The lowest BCUT2D eigenvalue weighted by atomic mass is 10.0. The van der Waals surface area contributed by atoms with Crippen molar-refractivity contribution in [3.05, 3.63) is 59.7 Å². The first-order chi connectivity index (χ1) is 13.0. The van der Waals surface area contributed by atoms with Gasteiger partial charge in [0.15, 0.2) is 6.04 Å². The molecule has 0 saturated carbocycles. The van der Waals surface area contributed by atoms with E-state index in [2.05, 4.69) is 19.2 Å². The fourth-order valence-electron chi connectivity index (χ4n) is 3.89. The molecule has 1 fully saturated rings. The number of methoxy groups -OCH3 is 1. The normalized spacial score (nSPS) is 23.5. The third kappa shape index (κ3) is 4.67. The molecule has 5 nitrogen and oxygen atoms in total. The van der Waals surface area contributed by atoms with E-state index in [4.69, 9.17) is 9.47 Å². The number of hydrogen-bond donors (Lipinski definition) is 2. The van der Waals surface area contributed by atoms with Crippen LogP contribution in [0.2, 0.25) is 0 Å². The summed E-state index contributed by atoms with van der Waals surface area (Å²) in [6.07, 6.45) is 0.243. The van der Waals surface area contributed by atoms with Crippen LogP contribution >= 0.6 is 0 Å². The number of amides is 1. The van der Waals surface area contributed by atoms with Crippen molar-refractivity contribution in [2.75, 3.05) is 25.5 Å². The lowest BCUT2D eigenvalue weighted by Crippen LogP contribution is -3.16. The summed E-state index contributed by atoms with van der Waals surface area (Å²) < 4.78 is 11.3. The molecule has 1 amide bonds. The van der Waals surface area contributed by atoms with Crippen molar-refractivity contribution in [1.82, 2.24) is 0 Å². The summed E-state index contributed by atoms with van der Waals surface area (Å²) in [4.78, 5) is 14.6. The third-order valence-electron chi connectivity index (χ3n) is 4.98. The smallest absolute Gasteiger partial charge is 0.287 e. The standard InChI is InChI=1S/C22H28N2O3/c1-15-10-11-20(26-4)19(12-15)23-22(25)21(18-8-6-5-7-9-18)24-13-16(2)27-17(3)14-24/h5-12,16-17,21H,13-14H2,1-4H3,(H,23,25)/p+1/t16-,17+,21-/m1/s1. The molecule has 27 heavy (non-hydrogen) atoms. The molecule has 0 aromatic heterocycles. The largest absolute Gasteiger partial charge is 0.495 e. The highest BCUT2D eigenvalue weighted by atomic mass is 16.5. The van der Waals surface area contributed by atoms with Gasteiger partial charge in [-0.15, -0.1) is 0 Å². The highest BCUT2D eigenvalue weighted by molar-refractivity contribution is 5.96. The zero-order chi connectivity index (χ0) is 19.4. The van der Waals surface area contributed by atoms with Gasteiger partial charge in [0, 0.05) is 5.56 Å². The Morgan fingerprint density at radius 3 is 2.44 bits per heavy atom.